The lowest BCUT2D eigenvalue weighted by atomic mass is 10.1. The molecular formula is C13H15ClN2O2. The first kappa shape index (κ1) is 12.8. The monoisotopic (exact) mass is 266 g/mol. The molecule has 1 N–H and O–H groups in total. The van der Waals surface area contributed by atoms with Gasteiger partial charge in [0.25, 0.3) is 0 Å². The van der Waals surface area contributed by atoms with Gasteiger partial charge in [0, 0.05) is 5.69 Å². The molecule has 2 rings (SSSR count). The van der Waals surface area contributed by atoms with Crippen molar-refractivity contribution in [3.05, 3.63) is 29.6 Å². The van der Waals surface area contributed by atoms with E-state index < -0.39 is 0 Å². The summed E-state index contributed by atoms with van der Waals surface area (Å²) < 4.78 is 10.7. The molecule has 0 saturated carbocycles. The van der Waals surface area contributed by atoms with Crippen molar-refractivity contribution in [2.75, 3.05) is 14.2 Å². The zero-order valence-electron chi connectivity index (χ0n) is 10.6. The summed E-state index contributed by atoms with van der Waals surface area (Å²) in [7, 11) is 3.24. The van der Waals surface area contributed by atoms with E-state index in [9.17, 15) is 0 Å². The molecule has 4 nitrogen and oxygen atoms in total. The van der Waals surface area contributed by atoms with Crippen molar-refractivity contribution in [2.45, 2.75) is 12.8 Å². The Morgan fingerprint density at radius 3 is 2.28 bits per heavy atom. The van der Waals surface area contributed by atoms with Crippen LogP contribution in [0, 0.1) is 6.92 Å². The van der Waals surface area contributed by atoms with Crippen LogP contribution in [0.25, 0.3) is 11.4 Å². The zero-order chi connectivity index (χ0) is 13.1. The van der Waals surface area contributed by atoms with Crippen LogP contribution in [-0.2, 0) is 5.88 Å². The number of nitrogens with one attached hydrogen (secondary N) is 1. The molecule has 1 heterocycles. The first-order valence-electron chi connectivity index (χ1n) is 5.54. The number of H-pyrrole nitrogens is 1. The summed E-state index contributed by atoms with van der Waals surface area (Å²) in [6, 6.07) is 5.62. The van der Waals surface area contributed by atoms with Crippen LogP contribution in [0.3, 0.4) is 0 Å². The molecule has 2 aromatic rings. The molecular weight excluding hydrogens is 252 g/mol. The van der Waals surface area contributed by atoms with E-state index in [4.69, 9.17) is 21.1 Å². The van der Waals surface area contributed by atoms with Crippen LogP contribution in [-0.4, -0.2) is 24.2 Å². The minimum atomic E-state index is 0.375. The Hall–Kier alpha value is -1.68. The molecule has 0 bridgehead atoms. The van der Waals surface area contributed by atoms with E-state index in [0.717, 1.165) is 17.0 Å². The number of hydrogen-bond acceptors (Lipinski definition) is 3. The second-order valence-corrected chi connectivity index (χ2v) is 4.10. The SMILES string of the molecule is COc1cccc(OC)c1-c1nc(CCl)c(C)[nH]1. The van der Waals surface area contributed by atoms with Crippen LogP contribution < -0.4 is 9.47 Å². The van der Waals surface area contributed by atoms with E-state index in [-0.39, 0.29) is 0 Å². The fraction of sp³-hybridized carbons (Fsp3) is 0.308. The van der Waals surface area contributed by atoms with Crippen LogP contribution in [0.4, 0.5) is 0 Å². The summed E-state index contributed by atoms with van der Waals surface area (Å²) in [5.41, 5.74) is 2.59. The van der Waals surface area contributed by atoms with E-state index in [1.165, 1.54) is 0 Å². The largest absolute Gasteiger partial charge is 0.496 e. The van der Waals surface area contributed by atoms with Crippen molar-refractivity contribution in [3.8, 4) is 22.9 Å². The third-order valence-electron chi connectivity index (χ3n) is 2.78. The number of aromatic amines is 1. The number of alkyl halides is 1. The molecule has 18 heavy (non-hydrogen) atoms. The number of benzene rings is 1. The van der Waals surface area contributed by atoms with Gasteiger partial charge in [-0.25, -0.2) is 4.98 Å². The number of aryl methyl sites for hydroxylation is 1. The van der Waals surface area contributed by atoms with E-state index in [1.807, 2.05) is 25.1 Å². The second-order valence-electron chi connectivity index (χ2n) is 3.83. The smallest absolute Gasteiger partial charge is 0.145 e. The number of aromatic nitrogens is 2. The fourth-order valence-electron chi connectivity index (χ4n) is 1.83. The number of nitrogens with zero attached hydrogens (tertiary/aromatic N) is 1. The second kappa shape index (κ2) is 5.31. The number of methoxy groups -OCH3 is 2. The van der Waals surface area contributed by atoms with Crippen LogP contribution in [0.1, 0.15) is 11.4 Å². The van der Waals surface area contributed by atoms with Crippen molar-refractivity contribution in [1.29, 1.82) is 0 Å². The molecule has 0 saturated heterocycles. The summed E-state index contributed by atoms with van der Waals surface area (Å²) in [6.07, 6.45) is 0. The predicted molar refractivity (Wildman–Crippen MR) is 71.4 cm³/mol. The summed E-state index contributed by atoms with van der Waals surface area (Å²) in [5, 5.41) is 0. The first-order valence-corrected chi connectivity index (χ1v) is 6.07. The number of rotatable bonds is 4. The lowest BCUT2D eigenvalue weighted by Crippen LogP contribution is -1.94. The summed E-state index contributed by atoms with van der Waals surface area (Å²) in [5.74, 6) is 2.51. The highest BCUT2D eigenvalue weighted by Gasteiger charge is 2.16. The molecule has 0 aliphatic rings. The van der Waals surface area contributed by atoms with Gasteiger partial charge < -0.3 is 14.5 Å². The molecule has 0 spiro atoms. The molecule has 1 aromatic heterocycles. The fourth-order valence-corrected chi connectivity index (χ4v) is 2.09. The summed E-state index contributed by atoms with van der Waals surface area (Å²) >= 11 is 5.84. The van der Waals surface area contributed by atoms with Gasteiger partial charge in [-0.15, -0.1) is 11.6 Å². The molecule has 1 aromatic carbocycles. The maximum Gasteiger partial charge on any atom is 0.145 e. The van der Waals surface area contributed by atoms with Gasteiger partial charge in [0.2, 0.25) is 0 Å². The molecule has 96 valence electrons. The lowest BCUT2D eigenvalue weighted by molar-refractivity contribution is 0.397. The number of hydrogen-bond donors (Lipinski definition) is 1. The molecule has 0 amide bonds. The molecule has 0 radical (unpaired) electrons. The summed E-state index contributed by atoms with van der Waals surface area (Å²) in [6.45, 7) is 1.94. The van der Waals surface area contributed by atoms with Crippen LogP contribution in [0.2, 0.25) is 0 Å². The molecule has 0 aliphatic heterocycles. The van der Waals surface area contributed by atoms with Gasteiger partial charge in [-0.05, 0) is 19.1 Å². The highest BCUT2D eigenvalue weighted by molar-refractivity contribution is 6.17. The Balaban J connectivity index is 2.60. The average Bonchev–Trinajstić information content (AvgIpc) is 2.78. The molecule has 0 unspecified atom stereocenters. The number of imidazole rings is 1. The minimum absolute atomic E-state index is 0.375. The van der Waals surface area contributed by atoms with Crippen molar-refractivity contribution >= 4 is 11.6 Å². The van der Waals surface area contributed by atoms with Crippen LogP contribution in [0.15, 0.2) is 18.2 Å². The van der Waals surface area contributed by atoms with Crippen LogP contribution in [0.5, 0.6) is 11.5 Å². The van der Waals surface area contributed by atoms with Gasteiger partial charge in [0.15, 0.2) is 0 Å². The van der Waals surface area contributed by atoms with Crippen molar-refractivity contribution in [2.24, 2.45) is 0 Å². The van der Waals surface area contributed by atoms with E-state index >= 15 is 0 Å². The maximum absolute atomic E-state index is 5.84. The molecule has 0 fully saturated rings. The van der Waals surface area contributed by atoms with Gasteiger partial charge >= 0.3 is 0 Å². The third-order valence-corrected chi connectivity index (χ3v) is 3.03. The van der Waals surface area contributed by atoms with E-state index in [1.54, 1.807) is 14.2 Å². The average molecular weight is 267 g/mol. The predicted octanol–water partition coefficient (Wildman–Crippen LogP) is 3.14. The maximum atomic E-state index is 5.84. The first-order chi connectivity index (χ1) is 8.71. The van der Waals surface area contributed by atoms with Gasteiger partial charge in [0.1, 0.15) is 22.9 Å². The molecule has 0 aliphatic carbocycles. The van der Waals surface area contributed by atoms with E-state index in [0.29, 0.717) is 23.2 Å². The van der Waals surface area contributed by atoms with Gasteiger partial charge in [-0.2, -0.15) is 0 Å². The topological polar surface area (TPSA) is 47.1 Å². The highest BCUT2D eigenvalue weighted by atomic mass is 35.5. The number of halogens is 1. The Labute approximate surface area is 111 Å². The quantitative estimate of drug-likeness (QED) is 0.865. The number of ether oxygens (including phenoxy) is 2. The normalized spacial score (nSPS) is 10.4. The van der Waals surface area contributed by atoms with Gasteiger partial charge in [-0.3, -0.25) is 0 Å². The molecule has 0 atom stereocenters. The van der Waals surface area contributed by atoms with Crippen molar-refractivity contribution in [3.63, 3.8) is 0 Å². The van der Waals surface area contributed by atoms with Crippen LogP contribution >= 0.6 is 11.6 Å². The van der Waals surface area contributed by atoms with Crippen molar-refractivity contribution in [1.82, 2.24) is 9.97 Å². The Kier molecular flexibility index (Phi) is 3.77. The van der Waals surface area contributed by atoms with Gasteiger partial charge in [0.05, 0.1) is 25.8 Å². The standard InChI is InChI=1S/C13H15ClN2O2/c1-8-9(7-14)16-13(15-8)12-10(17-2)5-4-6-11(12)18-3/h4-6H,7H2,1-3H3,(H,15,16). The molecule has 5 heteroatoms. The Morgan fingerprint density at radius 1 is 1.22 bits per heavy atom. The minimum Gasteiger partial charge on any atom is -0.496 e. The Morgan fingerprint density at radius 2 is 1.83 bits per heavy atom. The van der Waals surface area contributed by atoms with Crippen molar-refractivity contribution < 1.29 is 9.47 Å². The summed E-state index contributed by atoms with van der Waals surface area (Å²) in [4.78, 5) is 7.67. The third kappa shape index (κ3) is 2.16. The van der Waals surface area contributed by atoms with E-state index in [2.05, 4.69) is 9.97 Å². The zero-order valence-corrected chi connectivity index (χ0v) is 11.3. The highest BCUT2D eigenvalue weighted by Crippen LogP contribution is 2.36. The Bertz CT molecular complexity index is 530. The lowest BCUT2D eigenvalue weighted by Gasteiger charge is -2.10. The van der Waals surface area contributed by atoms with Gasteiger partial charge in [-0.1, -0.05) is 6.07 Å².